The molecule has 0 atom stereocenters. The van der Waals surface area contributed by atoms with Crippen LogP contribution in [0.15, 0.2) is 53.3 Å². The molecule has 0 unspecified atom stereocenters. The summed E-state index contributed by atoms with van der Waals surface area (Å²) < 4.78 is 12.8. The minimum atomic E-state index is -0.314. The molecule has 1 N–H and O–H groups in total. The van der Waals surface area contributed by atoms with Crippen molar-refractivity contribution in [1.29, 1.82) is 0 Å². The number of aryl methyl sites for hydroxylation is 1. The van der Waals surface area contributed by atoms with Gasteiger partial charge in [0, 0.05) is 18.0 Å². The Kier molecular flexibility index (Phi) is 6.58. The Bertz CT molecular complexity index is 979. The molecule has 0 aliphatic rings. The van der Waals surface area contributed by atoms with Crippen molar-refractivity contribution >= 4 is 10.9 Å². The summed E-state index contributed by atoms with van der Waals surface area (Å²) in [6.07, 6.45) is 4.20. The standard InChI is InChI=1S/C23H27NO4/c1-3-4-5-9-14-24-20-15-18(27-2)12-13-19(20)21(25)22(23(24)26)28-16-17-10-7-6-8-11-17/h6-8,10-13,15,25H,3-5,9,14,16H2,1-2H3. The van der Waals surface area contributed by atoms with Crippen LogP contribution in [0.5, 0.6) is 17.2 Å². The van der Waals surface area contributed by atoms with Gasteiger partial charge in [0.1, 0.15) is 12.4 Å². The van der Waals surface area contributed by atoms with Gasteiger partial charge in [-0.3, -0.25) is 4.79 Å². The largest absolute Gasteiger partial charge is 0.504 e. The molecule has 0 aliphatic carbocycles. The van der Waals surface area contributed by atoms with E-state index in [9.17, 15) is 9.90 Å². The number of aromatic nitrogens is 1. The highest BCUT2D eigenvalue weighted by Gasteiger charge is 2.18. The molecule has 3 rings (SSSR count). The topological polar surface area (TPSA) is 60.7 Å². The van der Waals surface area contributed by atoms with Gasteiger partial charge in [-0.2, -0.15) is 0 Å². The Labute approximate surface area is 165 Å². The molecule has 2 aromatic carbocycles. The molecule has 0 saturated carbocycles. The molecule has 1 aromatic heterocycles. The molecular formula is C23H27NO4. The third-order valence-electron chi connectivity index (χ3n) is 4.87. The highest BCUT2D eigenvalue weighted by Crippen LogP contribution is 2.34. The first-order chi connectivity index (χ1) is 13.7. The predicted molar refractivity (Wildman–Crippen MR) is 111 cm³/mol. The number of ether oxygens (including phenoxy) is 2. The molecule has 0 amide bonds. The first-order valence-corrected chi connectivity index (χ1v) is 9.76. The summed E-state index contributed by atoms with van der Waals surface area (Å²) in [5, 5.41) is 11.3. The normalized spacial score (nSPS) is 10.9. The first-order valence-electron chi connectivity index (χ1n) is 9.76. The van der Waals surface area contributed by atoms with Crippen molar-refractivity contribution in [3.63, 3.8) is 0 Å². The van der Waals surface area contributed by atoms with Gasteiger partial charge < -0.3 is 19.1 Å². The van der Waals surface area contributed by atoms with Gasteiger partial charge in [-0.15, -0.1) is 0 Å². The molecule has 148 valence electrons. The van der Waals surface area contributed by atoms with E-state index < -0.39 is 0 Å². The van der Waals surface area contributed by atoms with E-state index in [2.05, 4.69) is 6.92 Å². The Morgan fingerprint density at radius 2 is 1.82 bits per heavy atom. The fourth-order valence-corrected chi connectivity index (χ4v) is 3.30. The van der Waals surface area contributed by atoms with Crippen LogP contribution >= 0.6 is 0 Å². The zero-order chi connectivity index (χ0) is 19.9. The number of rotatable bonds is 9. The van der Waals surface area contributed by atoms with Gasteiger partial charge in [0.05, 0.1) is 12.6 Å². The summed E-state index contributed by atoms with van der Waals surface area (Å²) in [7, 11) is 1.59. The number of nitrogens with zero attached hydrogens (tertiary/aromatic N) is 1. The van der Waals surface area contributed by atoms with Gasteiger partial charge in [-0.25, -0.2) is 0 Å². The number of fused-ring (bicyclic) bond motifs is 1. The Morgan fingerprint density at radius 3 is 2.54 bits per heavy atom. The van der Waals surface area contributed by atoms with E-state index in [1.165, 1.54) is 0 Å². The SMILES string of the molecule is CCCCCCn1c(=O)c(OCc2ccccc2)c(O)c2ccc(OC)cc21. The summed E-state index contributed by atoms with van der Waals surface area (Å²) >= 11 is 0. The van der Waals surface area contributed by atoms with Crippen molar-refractivity contribution in [1.82, 2.24) is 4.57 Å². The zero-order valence-electron chi connectivity index (χ0n) is 16.5. The fraction of sp³-hybridized carbons (Fsp3) is 0.348. The molecule has 0 radical (unpaired) electrons. The molecule has 0 saturated heterocycles. The van der Waals surface area contributed by atoms with Gasteiger partial charge in [0.15, 0.2) is 5.75 Å². The fourth-order valence-electron chi connectivity index (χ4n) is 3.30. The average molecular weight is 381 g/mol. The van der Waals surface area contributed by atoms with E-state index >= 15 is 0 Å². The lowest BCUT2D eigenvalue weighted by Gasteiger charge is -2.16. The van der Waals surface area contributed by atoms with E-state index in [4.69, 9.17) is 9.47 Å². The molecule has 0 fully saturated rings. The number of aromatic hydroxyl groups is 1. The summed E-state index contributed by atoms with van der Waals surface area (Å²) in [6, 6.07) is 14.9. The van der Waals surface area contributed by atoms with E-state index in [0.29, 0.717) is 23.2 Å². The lowest BCUT2D eigenvalue weighted by molar-refractivity contribution is 0.283. The Balaban J connectivity index is 2.01. The molecule has 5 nitrogen and oxygen atoms in total. The van der Waals surface area contributed by atoms with E-state index in [1.807, 2.05) is 30.3 Å². The predicted octanol–water partition coefficient (Wildman–Crippen LogP) is 4.88. The van der Waals surface area contributed by atoms with E-state index in [0.717, 1.165) is 31.2 Å². The van der Waals surface area contributed by atoms with Crippen molar-refractivity contribution in [2.75, 3.05) is 7.11 Å². The maximum absolute atomic E-state index is 13.1. The monoisotopic (exact) mass is 381 g/mol. The molecule has 3 aromatic rings. The van der Waals surface area contributed by atoms with Crippen molar-refractivity contribution in [2.24, 2.45) is 0 Å². The summed E-state index contributed by atoms with van der Waals surface area (Å²) in [4.78, 5) is 13.1. The second-order valence-electron chi connectivity index (χ2n) is 6.85. The third-order valence-corrected chi connectivity index (χ3v) is 4.87. The lowest BCUT2D eigenvalue weighted by atomic mass is 10.1. The Morgan fingerprint density at radius 1 is 1.04 bits per heavy atom. The van der Waals surface area contributed by atoms with Crippen LogP contribution in [0.1, 0.15) is 38.2 Å². The maximum atomic E-state index is 13.1. The van der Waals surface area contributed by atoms with Crippen LogP contribution in [0.25, 0.3) is 10.9 Å². The molecule has 0 bridgehead atoms. The highest BCUT2D eigenvalue weighted by atomic mass is 16.5. The summed E-state index contributed by atoms with van der Waals surface area (Å²) in [6.45, 7) is 2.95. The minimum Gasteiger partial charge on any atom is -0.504 e. The average Bonchev–Trinajstić information content (AvgIpc) is 2.73. The van der Waals surface area contributed by atoms with Crippen molar-refractivity contribution in [3.8, 4) is 17.2 Å². The summed E-state index contributed by atoms with van der Waals surface area (Å²) in [5.74, 6) is 0.520. The van der Waals surface area contributed by atoms with Crippen LogP contribution in [-0.4, -0.2) is 16.8 Å². The number of pyridine rings is 1. The number of methoxy groups -OCH3 is 1. The second kappa shape index (κ2) is 9.31. The number of hydrogen-bond acceptors (Lipinski definition) is 4. The van der Waals surface area contributed by atoms with Crippen molar-refractivity contribution in [3.05, 3.63) is 64.4 Å². The number of hydrogen-bond donors (Lipinski definition) is 1. The van der Waals surface area contributed by atoms with E-state index in [-0.39, 0.29) is 23.7 Å². The van der Waals surface area contributed by atoms with E-state index in [1.54, 1.807) is 29.9 Å². The van der Waals surface area contributed by atoms with Crippen LogP contribution < -0.4 is 15.0 Å². The minimum absolute atomic E-state index is 0.00277. The van der Waals surface area contributed by atoms with Gasteiger partial charge in [0.2, 0.25) is 5.75 Å². The molecule has 5 heteroatoms. The Hall–Kier alpha value is -2.95. The first kappa shape index (κ1) is 19.8. The van der Waals surface area contributed by atoms with Crippen LogP contribution in [-0.2, 0) is 13.2 Å². The molecular weight excluding hydrogens is 354 g/mol. The third kappa shape index (κ3) is 4.30. The van der Waals surface area contributed by atoms with Crippen LogP contribution in [0, 0.1) is 0 Å². The van der Waals surface area contributed by atoms with Gasteiger partial charge >= 0.3 is 0 Å². The van der Waals surface area contributed by atoms with Crippen molar-refractivity contribution < 1.29 is 14.6 Å². The maximum Gasteiger partial charge on any atom is 0.297 e. The summed E-state index contributed by atoms with van der Waals surface area (Å²) in [5.41, 5.74) is 1.28. The second-order valence-corrected chi connectivity index (χ2v) is 6.85. The molecule has 1 heterocycles. The smallest absolute Gasteiger partial charge is 0.297 e. The number of unbranched alkanes of at least 4 members (excludes halogenated alkanes) is 3. The van der Waals surface area contributed by atoms with Crippen molar-refractivity contribution in [2.45, 2.75) is 45.8 Å². The van der Waals surface area contributed by atoms with Crippen LogP contribution in [0.4, 0.5) is 0 Å². The zero-order valence-corrected chi connectivity index (χ0v) is 16.5. The van der Waals surface area contributed by atoms with Crippen LogP contribution in [0.3, 0.4) is 0 Å². The number of benzene rings is 2. The molecule has 28 heavy (non-hydrogen) atoms. The van der Waals surface area contributed by atoms with Gasteiger partial charge in [-0.05, 0) is 24.1 Å². The molecule has 0 aliphatic heterocycles. The highest BCUT2D eigenvalue weighted by molar-refractivity contribution is 5.88. The quantitative estimate of drug-likeness (QED) is 0.537. The lowest BCUT2D eigenvalue weighted by Crippen LogP contribution is -2.23. The molecule has 0 spiro atoms. The van der Waals surface area contributed by atoms with Gasteiger partial charge in [0.25, 0.3) is 5.56 Å². The van der Waals surface area contributed by atoms with Crippen LogP contribution in [0.2, 0.25) is 0 Å². The van der Waals surface area contributed by atoms with Gasteiger partial charge in [-0.1, -0.05) is 56.5 Å².